The van der Waals surface area contributed by atoms with Crippen LogP contribution in [0.15, 0.2) is 48.6 Å². The second kappa shape index (κ2) is 27.2. The van der Waals surface area contributed by atoms with Crippen LogP contribution in [-0.2, 0) is 68.4 Å². The molecule has 1 spiro atoms. The van der Waals surface area contributed by atoms with Crippen LogP contribution in [-0.4, -0.2) is 177 Å². The number of amides is 5. The number of carbonyl (C=O) groups excluding carboxylic acids is 5. The zero-order valence-corrected chi connectivity index (χ0v) is 49.8. The van der Waals surface area contributed by atoms with Crippen molar-refractivity contribution in [2.75, 3.05) is 25.5 Å². The first-order valence-electron chi connectivity index (χ1n) is 31.0. The number of aliphatic hydroxyl groups excluding tert-OH is 1. The molecule has 10 fully saturated rings. The molecular formula is C62H92N6O16. The summed E-state index contributed by atoms with van der Waals surface area (Å²) in [4.78, 5) is 65.8. The molecule has 22 nitrogen and oxygen atoms in total. The second-order valence-electron chi connectivity index (χ2n) is 25.9. The van der Waals surface area contributed by atoms with E-state index in [0.717, 1.165) is 43.3 Å². The molecule has 0 radical (unpaired) electrons. The summed E-state index contributed by atoms with van der Waals surface area (Å²) in [5.41, 5.74) is 8.38. The van der Waals surface area contributed by atoms with Crippen LogP contribution in [0.25, 0.3) is 0 Å². The number of rotatable bonds is 18. The highest BCUT2D eigenvalue weighted by Crippen LogP contribution is 2.54. The van der Waals surface area contributed by atoms with Crippen molar-refractivity contribution >= 4 is 35.4 Å². The summed E-state index contributed by atoms with van der Waals surface area (Å²) >= 11 is 0. The monoisotopic (exact) mass is 1180 g/mol. The second-order valence-corrected chi connectivity index (χ2v) is 25.9. The van der Waals surface area contributed by atoms with Gasteiger partial charge in [-0.15, -0.1) is 0 Å². The van der Waals surface area contributed by atoms with Crippen molar-refractivity contribution in [3.05, 3.63) is 54.1 Å². The number of primary amides is 1. The van der Waals surface area contributed by atoms with Gasteiger partial charge in [-0.25, -0.2) is 9.59 Å². The van der Waals surface area contributed by atoms with E-state index in [2.05, 4.69) is 46.7 Å². The Morgan fingerprint density at radius 3 is 2.26 bits per heavy atom. The molecule has 10 aliphatic heterocycles. The number of ketones is 1. The van der Waals surface area contributed by atoms with Crippen molar-refractivity contribution in [3.63, 3.8) is 0 Å². The first kappa shape index (κ1) is 62.5. The number of hydrogen-bond acceptors (Lipinski definition) is 17. The van der Waals surface area contributed by atoms with Gasteiger partial charge >= 0.3 is 12.1 Å². The van der Waals surface area contributed by atoms with Crippen LogP contribution >= 0.6 is 0 Å². The van der Waals surface area contributed by atoms with Crippen LogP contribution in [0.4, 0.5) is 15.3 Å². The lowest BCUT2D eigenvalue weighted by Crippen LogP contribution is -2.61. The highest BCUT2D eigenvalue weighted by Gasteiger charge is 2.69. The molecule has 10 heterocycles. The summed E-state index contributed by atoms with van der Waals surface area (Å²) in [7, 11) is 1.60. The summed E-state index contributed by atoms with van der Waals surface area (Å²) in [6, 6.07) is 4.64. The zero-order valence-electron chi connectivity index (χ0n) is 49.8. The number of hydrogen-bond donors (Lipinski definition) is 7. The van der Waals surface area contributed by atoms with Gasteiger partial charge in [0, 0.05) is 76.4 Å². The van der Waals surface area contributed by atoms with E-state index in [1.165, 1.54) is 0 Å². The van der Waals surface area contributed by atoms with Crippen LogP contribution in [0.2, 0.25) is 0 Å². The van der Waals surface area contributed by atoms with Gasteiger partial charge in [-0.3, -0.25) is 14.4 Å². The predicted molar refractivity (Wildman–Crippen MR) is 306 cm³/mol. The Labute approximate surface area is 493 Å². The van der Waals surface area contributed by atoms with Crippen LogP contribution in [0.3, 0.4) is 0 Å². The summed E-state index contributed by atoms with van der Waals surface area (Å²) < 4.78 is 66.3. The van der Waals surface area contributed by atoms with Crippen LogP contribution in [0.5, 0.6) is 0 Å². The van der Waals surface area contributed by atoms with Gasteiger partial charge in [0.25, 0.3) is 0 Å². The number of alkyl carbamates (subject to hydrolysis) is 1. The van der Waals surface area contributed by atoms with Gasteiger partial charge in [-0.05, 0) is 98.5 Å². The Morgan fingerprint density at radius 1 is 0.786 bits per heavy atom. The molecule has 12 bridgehead atoms. The highest BCUT2D eigenvalue weighted by atomic mass is 16.8. The molecule has 21 atom stereocenters. The number of anilines is 1. The number of carbonyl (C=O) groups is 5. The first-order valence-corrected chi connectivity index (χ1v) is 31.0. The SMILES string of the molecule is C=C1C[C@@H]2CC[C@@]34C[C@H]5O[C@@H]6[C@@H](O3)[C@H]3O[C@H](CC[C@@H]3O[C@H]6[C@H]5O4)CC(=O)C[C@@H]3[C@@H](OC)[C@@H](C[C@H](O)CNC(=O)OCc4ccc(NC(=O)[C@H](CCCNC(N)=O)NC(=O)[C@@H](NC(C)C)C(C)C)cc4)O[C@H]3C[C@H]3O[C@@H](CC[C@@H]1O2)C[C@@H](C)C3=C. The molecule has 466 valence electrons. The molecular weight excluding hydrogens is 1080 g/mol. The Morgan fingerprint density at radius 2 is 1.51 bits per heavy atom. The number of aliphatic hydroxyl groups is 1. The van der Waals surface area contributed by atoms with Crippen molar-refractivity contribution in [3.8, 4) is 0 Å². The first-order chi connectivity index (χ1) is 40.2. The molecule has 84 heavy (non-hydrogen) atoms. The van der Waals surface area contributed by atoms with Crippen molar-refractivity contribution in [1.29, 1.82) is 0 Å². The van der Waals surface area contributed by atoms with E-state index in [1.54, 1.807) is 31.4 Å². The fourth-order valence-electron chi connectivity index (χ4n) is 14.6. The molecule has 0 saturated carbocycles. The van der Waals surface area contributed by atoms with Gasteiger partial charge < -0.3 is 84.8 Å². The number of Topliss-reactive ketones (excluding diaryl/α,β-unsaturated/α-hetero) is 1. The van der Waals surface area contributed by atoms with E-state index in [9.17, 15) is 29.1 Å². The summed E-state index contributed by atoms with van der Waals surface area (Å²) in [5, 5.41) is 25.7. The lowest BCUT2D eigenvalue weighted by Gasteiger charge is -2.47. The molecule has 8 N–H and O–H groups in total. The molecule has 10 saturated heterocycles. The van der Waals surface area contributed by atoms with Gasteiger partial charge in [0.2, 0.25) is 11.8 Å². The van der Waals surface area contributed by atoms with Crippen LogP contribution < -0.4 is 32.3 Å². The van der Waals surface area contributed by atoms with Crippen LogP contribution in [0, 0.1) is 17.8 Å². The maximum atomic E-state index is 14.5. The van der Waals surface area contributed by atoms with Crippen molar-refractivity contribution in [1.82, 2.24) is 21.3 Å². The Kier molecular flexibility index (Phi) is 20.2. The summed E-state index contributed by atoms with van der Waals surface area (Å²) in [6.07, 6.45) is 1.72. The standard InChI is InChI=1S/C62H92N6O16/c1-31(2)51(66-32(3)4)59(72)68-44(10-9-21-64-60(63)73)58(71)67-37-13-11-36(12-14-37)30-76-61(74)65-29-39(70)26-49-52(75-8)43-25-38(69)24-41-16-18-46-53(79-41)57-56-55(81-46)54-50(82-56)28-62(83-54,84-57)20-19-42-23-34(6)45(77-42)17-15-40-22-33(5)35(7)47(78-40)27-48(43)80-49/h11-14,31-33,39-57,66,70H,6-7,9-10,15-30H2,1-5,8H3,(H,65,74)(H,67,71)(H,68,72)(H3,63,64,73)/t33-,39+,40+,41-,42+,43+,44+,45+,46+,47-,48+,49-,50-,51+,52-,53+,54+,55+,56+,57+,62+/m1/s1. The normalized spacial score (nSPS) is 37.4. The minimum Gasteiger partial charge on any atom is -0.445 e. The van der Waals surface area contributed by atoms with Gasteiger partial charge in [0.1, 0.15) is 49.0 Å². The Hall–Kier alpha value is -4.59. The van der Waals surface area contributed by atoms with Gasteiger partial charge in [0.05, 0.1) is 73.2 Å². The summed E-state index contributed by atoms with van der Waals surface area (Å²) in [6.45, 7) is 18.9. The average molecular weight is 1180 g/mol. The van der Waals surface area contributed by atoms with Crippen molar-refractivity contribution in [2.24, 2.45) is 23.5 Å². The van der Waals surface area contributed by atoms with E-state index in [0.29, 0.717) is 49.8 Å². The number of nitrogens with two attached hydrogens (primary N) is 1. The number of fused-ring (bicyclic) bond motifs is 6. The minimum absolute atomic E-state index is 0.0108. The molecule has 0 aromatic heterocycles. The third-order valence-electron chi connectivity index (χ3n) is 18.8. The number of ether oxygens (including phenoxy) is 10. The van der Waals surface area contributed by atoms with E-state index >= 15 is 0 Å². The predicted octanol–water partition coefficient (Wildman–Crippen LogP) is 5.30. The van der Waals surface area contributed by atoms with E-state index in [-0.39, 0.29) is 136 Å². The largest absolute Gasteiger partial charge is 0.445 e. The molecule has 1 aromatic rings. The minimum atomic E-state index is -1.07. The van der Waals surface area contributed by atoms with E-state index in [4.69, 9.17) is 53.1 Å². The Bertz CT molecular complexity index is 2520. The molecule has 11 rings (SSSR count). The smallest absolute Gasteiger partial charge is 0.407 e. The molecule has 10 aliphatic rings. The fraction of sp³-hybridized carbons (Fsp3) is 0.758. The molecule has 22 heteroatoms. The topological polar surface area (TPSA) is 284 Å². The average Bonchev–Trinajstić information content (AvgIpc) is 1.67. The van der Waals surface area contributed by atoms with E-state index < -0.39 is 78.4 Å². The third-order valence-corrected chi connectivity index (χ3v) is 18.8. The lowest BCUT2D eigenvalue weighted by molar-refractivity contribution is -0.292. The van der Waals surface area contributed by atoms with Crippen molar-refractivity contribution in [2.45, 2.75) is 259 Å². The van der Waals surface area contributed by atoms with Crippen molar-refractivity contribution < 1.29 is 76.4 Å². The van der Waals surface area contributed by atoms with Gasteiger partial charge in [0.15, 0.2) is 5.79 Å². The highest BCUT2D eigenvalue weighted by molar-refractivity contribution is 5.98. The fourth-order valence-corrected chi connectivity index (χ4v) is 14.6. The van der Waals surface area contributed by atoms with Crippen LogP contribution in [0.1, 0.15) is 136 Å². The van der Waals surface area contributed by atoms with Gasteiger partial charge in [-0.2, -0.15) is 0 Å². The number of methoxy groups -OCH3 is 1. The maximum Gasteiger partial charge on any atom is 0.407 e. The third kappa shape index (κ3) is 14.7. The molecule has 0 unspecified atom stereocenters. The Balaban J connectivity index is 0.757. The zero-order chi connectivity index (χ0) is 59.6. The van der Waals surface area contributed by atoms with E-state index in [1.807, 2.05) is 27.7 Å². The number of benzene rings is 1. The number of nitrogens with one attached hydrogen (secondary N) is 5. The number of urea groups is 1. The summed E-state index contributed by atoms with van der Waals surface area (Å²) in [5.74, 6) is -1.84. The molecule has 0 aliphatic carbocycles. The lowest BCUT2D eigenvalue weighted by atomic mass is 9.81. The van der Waals surface area contributed by atoms with Gasteiger partial charge in [-0.1, -0.05) is 59.9 Å². The quantitative estimate of drug-likeness (QED) is 0.0725. The molecule has 1 aromatic carbocycles. The maximum absolute atomic E-state index is 14.5. The molecule has 5 amide bonds.